The Morgan fingerprint density at radius 2 is 2.05 bits per heavy atom. The van der Waals surface area contributed by atoms with Crippen molar-refractivity contribution in [2.24, 2.45) is 4.99 Å². The van der Waals surface area contributed by atoms with Gasteiger partial charge in [-0.15, -0.1) is 0 Å². The van der Waals surface area contributed by atoms with Crippen LogP contribution >= 0.6 is 11.8 Å². The monoisotopic (exact) mass is 311 g/mol. The summed E-state index contributed by atoms with van der Waals surface area (Å²) in [5.41, 5.74) is 0.999. The number of aliphatic imine (C=N–C) groups is 1. The van der Waals surface area contributed by atoms with Crippen LogP contribution < -0.4 is 20.1 Å². The fourth-order valence-electron chi connectivity index (χ4n) is 1.86. The number of hydrogen-bond donors (Lipinski definition) is 2. The van der Waals surface area contributed by atoms with E-state index in [4.69, 9.17) is 9.47 Å². The lowest BCUT2D eigenvalue weighted by Crippen LogP contribution is -2.38. The summed E-state index contributed by atoms with van der Waals surface area (Å²) in [6.07, 6.45) is 2.09. The van der Waals surface area contributed by atoms with Gasteiger partial charge in [0.15, 0.2) is 17.5 Å². The first-order chi connectivity index (χ1) is 10.3. The first-order valence-corrected chi connectivity index (χ1v) is 8.37. The molecule has 6 heteroatoms. The van der Waals surface area contributed by atoms with E-state index in [9.17, 15) is 0 Å². The fourth-order valence-corrected chi connectivity index (χ4v) is 2.16. The van der Waals surface area contributed by atoms with Gasteiger partial charge in [0.05, 0.1) is 20.8 Å². The zero-order valence-corrected chi connectivity index (χ0v) is 14.0. The number of methoxy groups -OCH3 is 2. The Morgan fingerprint density at radius 3 is 2.67 bits per heavy atom. The van der Waals surface area contributed by atoms with Crippen LogP contribution in [-0.2, 0) is 6.54 Å². The molecule has 0 atom stereocenters. The third-order valence-corrected chi connectivity index (χ3v) is 3.45. The molecule has 0 radical (unpaired) electrons. The van der Waals surface area contributed by atoms with Crippen LogP contribution in [0.3, 0.4) is 0 Å². The molecule has 0 fully saturated rings. The number of hydrogen-bond acceptors (Lipinski definition) is 4. The second-order valence-electron chi connectivity index (χ2n) is 4.27. The lowest BCUT2D eigenvalue weighted by atomic mass is 10.2. The van der Waals surface area contributed by atoms with Gasteiger partial charge in [0.25, 0.3) is 0 Å². The van der Waals surface area contributed by atoms with Gasteiger partial charge in [-0.25, -0.2) is 4.99 Å². The molecule has 0 amide bonds. The van der Waals surface area contributed by atoms with Crippen molar-refractivity contribution < 1.29 is 9.47 Å². The van der Waals surface area contributed by atoms with E-state index in [1.807, 2.05) is 18.2 Å². The molecule has 1 aromatic rings. The van der Waals surface area contributed by atoms with Crippen molar-refractivity contribution in [3.05, 3.63) is 23.8 Å². The Labute approximate surface area is 131 Å². The number of guanidine groups is 1. The normalized spacial score (nSPS) is 11.1. The molecule has 0 saturated carbocycles. The maximum Gasteiger partial charge on any atom is 0.191 e. The predicted octanol–water partition coefficient (Wildman–Crippen LogP) is 2.12. The molecule has 1 aromatic carbocycles. The van der Waals surface area contributed by atoms with Crippen LogP contribution in [0.2, 0.25) is 0 Å². The number of nitrogens with zero attached hydrogens (tertiary/aromatic N) is 1. The smallest absolute Gasteiger partial charge is 0.191 e. The molecule has 0 aliphatic heterocycles. The summed E-state index contributed by atoms with van der Waals surface area (Å²) in [4.78, 5) is 4.59. The molecule has 0 spiro atoms. The first kappa shape index (κ1) is 17.5. The summed E-state index contributed by atoms with van der Waals surface area (Å²) in [5.74, 6) is 3.33. The molecule has 2 N–H and O–H groups in total. The Balaban J connectivity index is 2.79. The van der Waals surface area contributed by atoms with Crippen molar-refractivity contribution in [3.63, 3.8) is 0 Å². The first-order valence-electron chi connectivity index (χ1n) is 6.97. The molecule has 0 saturated heterocycles. The lowest BCUT2D eigenvalue weighted by Gasteiger charge is -2.13. The third-order valence-electron chi connectivity index (χ3n) is 2.83. The minimum absolute atomic E-state index is 0.537. The minimum Gasteiger partial charge on any atom is -0.493 e. The summed E-state index contributed by atoms with van der Waals surface area (Å²) in [6.45, 7) is 4.31. The Hall–Kier alpha value is -1.56. The maximum atomic E-state index is 5.42. The molecule has 118 valence electrons. The largest absolute Gasteiger partial charge is 0.493 e. The zero-order chi connectivity index (χ0) is 15.5. The second kappa shape index (κ2) is 10.2. The highest BCUT2D eigenvalue weighted by Gasteiger charge is 2.09. The highest BCUT2D eigenvalue weighted by molar-refractivity contribution is 7.98. The van der Waals surface area contributed by atoms with Crippen molar-refractivity contribution in [2.75, 3.05) is 39.3 Å². The maximum absolute atomic E-state index is 5.42. The molecule has 0 aliphatic carbocycles. The number of benzene rings is 1. The summed E-state index contributed by atoms with van der Waals surface area (Å²) >= 11 is 1.81. The number of rotatable bonds is 8. The molecule has 0 heterocycles. The van der Waals surface area contributed by atoms with Crippen molar-refractivity contribution in [1.29, 1.82) is 0 Å². The molecule has 1 rings (SSSR count). The average molecular weight is 311 g/mol. The van der Waals surface area contributed by atoms with Crippen LogP contribution in [0, 0.1) is 0 Å². The molecule has 0 aromatic heterocycles. The van der Waals surface area contributed by atoms with Gasteiger partial charge in [0.1, 0.15) is 0 Å². The van der Waals surface area contributed by atoms with Gasteiger partial charge in [0.2, 0.25) is 0 Å². The summed E-state index contributed by atoms with van der Waals surface area (Å²) < 4.78 is 10.7. The highest BCUT2D eigenvalue weighted by Crippen LogP contribution is 2.30. The highest BCUT2D eigenvalue weighted by atomic mass is 32.2. The van der Waals surface area contributed by atoms with Crippen LogP contribution in [0.5, 0.6) is 11.5 Å². The number of para-hydroxylation sites is 1. The van der Waals surface area contributed by atoms with Crippen molar-refractivity contribution in [1.82, 2.24) is 10.6 Å². The molecular weight excluding hydrogens is 286 g/mol. The molecule has 0 aliphatic rings. The lowest BCUT2D eigenvalue weighted by molar-refractivity contribution is 0.352. The third kappa shape index (κ3) is 5.75. The van der Waals surface area contributed by atoms with Crippen LogP contribution in [0.15, 0.2) is 23.2 Å². The molecule has 21 heavy (non-hydrogen) atoms. The van der Waals surface area contributed by atoms with E-state index in [2.05, 4.69) is 28.8 Å². The van der Waals surface area contributed by atoms with E-state index in [-0.39, 0.29) is 0 Å². The van der Waals surface area contributed by atoms with Gasteiger partial charge >= 0.3 is 0 Å². The predicted molar refractivity (Wildman–Crippen MR) is 90.7 cm³/mol. The van der Waals surface area contributed by atoms with Crippen molar-refractivity contribution >= 4 is 17.7 Å². The van der Waals surface area contributed by atoms with E-state index in [0.29, 0.717) is 6.54 Å². The summed E-state index contributed by atoms with van der Waals surface area (Å²) in [5, 5.41) is 6.54. The van der Waals surface area contributed by atoms with E-state index in [0.717, 1.165) is 41.9 Å². The molecule has 0 bridgehead atoms. The van der Waals surface area contributed by atoms with Gasteiger partial charge in [-0.1, -0.05) is 12.1 Å². The van der Waals surface area contributed by atoms with Gasteiger partial charge in [-0.2, -0.15) is 11.8 Å². The van der Waals surface area contributed by atoms with E-state index in [1.54, 1.807) is 26.0 Å². The van der Waals surface area contributed by atoms with Crippen LogP contribution in [0.25, 0.3) is 0 Å². The molecule has 5 nitrogen and oxygen atoms in total. The van der Waals surface area contributed by atoms with Gasteiger partial charge < -0.3 is 20.1 Å². The molecule has 0 unspecified atom stereocenters. The fraction of sp³-hybridized carbons (Fsp3) is 0.533. The summed E-state index contributed by atoms with van der Waals surface area (Å²) in [7, 11) is 3.28. The van der Waals surface area contributed by atoms with E-state index < -0.39 is 0 Å². The number of nitrogens with one attached hydrogen (secondary N) is 2. The Bertz CT molecular complexity index is 453. The number of thioether (sulfide) groups is 1. The minimum atomic E-state index is 0.537. The van der Waals surface area contributed by atoms with Crippen LogP contribution in [-0.4, -0.2) is 45.3 Å². The van der Waals surface area contributed by atoms with Crippen LogP contribution in [0.4, 0.5) is 0 Å². The average Bonchev–Trinajstić information content (AvgIpc) is 2.52. The summed E-state index contributed by atoms with van der Waals surface area (Å²) in [6, 6.07) is 5.82. The van der Waals surface area contributed by atoms with Gasteiger partial charge in [0, 0.05) is 24.4 Å². The van der Waals surface area contributed by atoms with E-state index >= 15 is 0 Å². The number of ether oxygens (including phenoxy) is 2. The van der Waals surface area contributed by atoms with Crippen LogP contribution in [0.1, 0.15) is 12.5 Å². The van der Waals surface area contributed by atoms with E-state index in [1.165, 1.54) is 0 Å². The SMILES string of the molecule is CCNC(=NCc1cccc(OC)c1OC)NCCSC. The second-order valence-corrected chi connectivity index (χ2v) is 5.25. The molecular formula is C15H25N3O2S. The van der Waals surface area contributed by atoms with Crippen molar-refractivity contribution in [3.8, 4) is 11.5 Å². The quantitative estimate of drug-likeness (QED) is 0.437. The van der Waals surface area contributed by atoms with Gasteiger partial charge in [-0.05, 0) is 19.2 Å². The van der Waals surface area contributed by atoms with Gasteiger partial charge in [-0.3, -0.25) is 0 Å². The Morgan fingerprint density at radius 1 is 1.24 bits per heavy atom. The Kier molecular flexibility index (Phi) is 8.50. The van der Waals surface area contributed by atoms with Crippen molar-refractivity contribution in [2.45, 2.75) is 13.5 Å². The standard InChI is InChI=1S/C15H25N3O2S/c1-5-16-15(17-9-10-21-4)18-11-12-7-6-8-13(19-2)14(12)20-3/h6-8H,5,9-11H2,1-4H3,(H2,16,17,18). The zero-order valence-electron chi connectivity index (χ0n) is 13.2. The topological polar surface area (TPSA) is 54.9 Å².